The molecule has 2 nitrogen and oxygen atoms in total. The second kappa shape index (κ2) is 8.00. The molecule has 0 N–H and O–H groups in total. The first-order valence-corrected chi connectivity index (χ1v) is 6.75. The molecule has 0 radical (unpaired) electrons. The van der Waals surface area contributed by atoms with E-state index in [4.69, 9.17) is 23.2 Å². The Morgan fingerprint density at radius 3 is 2.60 bits per heavy atom. The van der Waals surface area contributed by atoms with Crippen LogP contribution in [0.4, 0.5) is 0 Å². The number of nitrogens with zero attached hydrogens (tertiary/aromatic N) is 2. The van der Waals surface area contributed by atoms with Crippen molar-refractivity contribution in [2.24, 2.45) is 0 Å². The van der Waals surface area contributed by atoms with Gasteiger partial charge in [-0.05, 0) is 12.7 Å². The van der Waals surface area contributed by atoms with Crippen molar-refractivity contribution in [3.05, 3.63) is 16.1 Å². The zero-order chi connectivity index (χ0) is 10.6. The number of unbranched alkanes of at least 4 members (excludes halogenated alkanes) is 1. The maximum atomic E-state index is 6.04. The molecule has 0 aliphatic rings. The summed E-state index contributed by atoms with van der Waals surface area (Å²) in [5, 5.41) is 0.996. The Hall–Kier alpha value is 0.828. The van der Waals surface area contributed by atoms with Gasteiger partial charge in [-0.25, -0.2) is 4.98 Å². The summed E-state index contributed by atoms with van der Waals surface area (Å²) in [6.07, 6.45) is 4.29. The summed E-state index contributed by atoms with van der Waals surface area (Å²) in [6.45, 7) is 3.06. The van der Waals surface area contributed by atoms with Crippen LogP contribution in [0.2, 0.25) is 10.3 Å². The van der Waals surface area contributed by atoms with Crippen molar-refractivity contribution in [1.82, 2.24) is 9.55 Å². The second-order valence-corrected chi connectivity index (χ2v) is 4.63. The van der Waals surface area contributed by atoms with Gasteiger partial charge >= 0.3 is 21.1 Å². The van der Waals surface area contributed by atoms with Gasteiger partial charge in [0.05, 0.1) is 5.75 Å². The van der Waals surface area contributed by atoms with Crippen molar-refractivity contribution < 1.29 is 21.1 Å². The molecule has 1 rings (SSSR count). The molecule has 0 aliphatic carbocycles. The van der Waals surface area contributed by atoms with E-state index in [1.54, 1.807) is 11.8 Å². The summed E-state index contributed by atoms with van der Waals surface area (Å²) in [4.78, 5) is 4.23. The quantitative estimate of drug-likeness (QED) is 0.682. The third kappa shape index (κ3) is 4.30. The average Bonchev–Trinajstić information content (AvgIpc) is 2.42. The van der Waals surface area contributed by atoms with Crippen molar-refractivity contribution in [2.75, 3.05) is 6.26 Å². The monoisotopic (exact) mass is 447 g/mol. The summed E-state index contributed by atoms with van der Waals surface area (Å²) in [5.41, 5.74) is 0. The van der Waals surface area contributed by atoms with Crippen LogP contribution in [0.15, 0.2) is 0 Å². The molecule has 88 valence electrons. The molecule has 0 amide bonds. The summed E-state index contributed by atoms with van der Waals surface area (Å²) >= 11 is 13.6. The number of thioether (sulfide) groups is 1. The van der Waals surface area contributed by atoms with E-state index in [2.05, 4.69) is 11.9 Å². The molecule has 0 atom stereocenters. The van der Waals surface area contributed by atoms with E-state index >= 15 is 0 Å². The van der Waals surface area contributed by atoms with Gasteiger partial charge < -0.3 is 4.57 Å². The van der Waals surface area contributed by atoms with E-state index in [0.717, 1.165) is 31.0 Å². The van der Waals surface area contributed by atoms with Gasteiger partial charge in [0.25, 0.3) is 0 Å². The Bertz CT molecular complexity index is 305. The van der Waals surface area contributed by atoms with Crippen molar-refractivity contribution >= 4 is 35.0 Å². The third-order valence-corrected chi connectivity index (χ3v) is 3.24. The van der Waals surface area contributed by atoms with Crippen molar-refractivity contribution in [3.8, 4) is 0 Å². The summed E-state index contributed by atoms with van der Waals surface area (Å²) in [5.74, 6) is 1.83. The Morgan fingerprint density at radius 2 is 2.07 bits per heavy atom. The summed E-state index contributed by atoms with van der Waals surface area (Å²) < 4.78 is 2.00. The van der Waals surface area contributed by atoms with Crippen LogP contribution >= 0.6 is 35.0 Å². The molecule has 1 heterocycles. The minimum Gasteiger partial charge on any atom is -0.317 e. The van der Waals surface area contributed by atoms with E-state index in [-0.39, 0.29) is 21.1 Å². The van der Waals surface area contributed by atoms with Gasteiger partial charge in [0.1, 0.15) is 11.0 Å². The van der Waals surface area contributed by atoms with Crippen molar-refractivity contribution in [3.63, 3.8) is 0 Å². The number of rotatable bonds is 5. The summed E-state index contributed by atoms with van der Waals surface area (Å²) in [6, 6.07) is 0. The van der Waals surface area contributed by atoms with Gasteiger partial charge in [-0.2, -0.15) is 11.8 Å². The fourth-order valence-electron chi connectivity index (χ4n) is 1.23. The van der Waals surface area contributed by atoms with Crippen LogP contribution in [0.3, 0.4) is 0 Å². The van der Waals surface area contributed by atoms with Gasteiger partial charge in [0, 0.05) is 6.54 Å². The fraction of sp³-hybridized carbons (Fsp3) is 0.667. The van der Waals surface area contributed by atoms with Crippen LogP contribution in [0, 0.1) is 0 Å². The minimum absolute atomic E-state index is 0. The number of aromatic nitrogens is 2. The van der Waals surface area contributed by atoms with Crippen LogP contribution in [-0.2, 0) is 33.4 Å². The van der Waals surface area contributed by atoms with Gasteiger partial charge in [0.2, 0.25) is 0 Å². The van der Waals surface area contributed by atoms with Crippen LogP contribution < -0.4 is 0 Å². The van der Waals surface area contributed by atoms with Crippen molar-refractivity contribution in [1.29, 1.82) is 0 Å². The molecule has 6 heteroatoms. The molecule has 0 saturated carbocycles. The smallest absolute Gasteiger partial charge is 0.317 e. The number of hydrogen-bond donors (Lipinski definition) is 0. The molecule has 0 unspecified atom stereocenters. The van der Waals surface area contributed by atoms with Gasteiger partial charge in [0.15, 0.2) is 5.15 Å². The van der Waals surface area contributed by atoms with Crippen LogP contribution in [0.25, 0.3) is 0 Å². The predicted octanol–water partition coefficient (Wildman–Crippen LogP) is 3.85. The van der Waals surface area contributed by atoms with E-state index < -0.39 is 0 Å². The largest absolute Gasteiger partial charge is 2.00 e. The Kier molecular flexibility index (Phi) is 8.44. The zero-order valence-electron chi connectivity index (χ0n) is 8.70. The van der Waals surface area contributed by atoms with Crippen LogP contribution in [0.5, 0.6) is 0 Å². The number of imidazole rings is 1. The van der Waals surface area contributed by atoms with E-state index in [1.807, 2.05) is 10.8 Å². The maximum absolute atomic E-state index is 6.04. The molecular weight excluding hydrogens is 434 g/mol. The first-order valence-electron chi connectivity index (χ1n) is 4.60. The van der Waals surface area contributed by atoms with E-state index in [1.165, 1.54) is 0 Å². The number of halogens is 2. The standard InChI is InChI=1S/C9H14Cl2N2S.Pt/c1-3-4-5-13-7(6-14-2)12-8(10)9(13)11;/h3-6H2,1-2H3;/q;+2. The first-order chi connectivity index (χ1) is 6.70. The van der Waals surface area contributed by atoms with Crippen molar-refractivity contribution in [2.45, 2.75) is 32.1 Å². The molecule has 1 aromatic rings. The molecule has 1 aromatic heterocycles. The second-order valence-electron chi connectivity index (χ2n) is 3.05. The maximum Gasteiger partial charge on any atom is 2.00 e. The predicted molar refractivity (Wildman–Crippen MR) is 64.4 cm³/mol. The minimum atomic E-state index is 0. The van der Waals surface area contributed by atoms with E-state index in [9.17, 15) is 0 Å². The molecule has 0 aliphatic heterocycles. The number of hydrogen-bond acceptors (Lipinski definition) is 2. The Labute approximate surface area is 119 Å². The van der Waals surface area contributed by atoms with E-state index in [0.29, 0.717) is 10.3 Å². The normalized spacial score (nSPS) is 10.1. The molecule has 15 heavy (non-hydrogen) atoms. The zero-order valence-corrected chi connectivity index (χ0v) is 13.3. The third-order valence-electron chi connectivity index (χ3n) is 1.95. The average molecular weight is 448 g/mol. The molecular formula is C9H14Cl2N2PtS+2. The van der Waals surface area contributed by atoms with Gasteiger partial charge in [-0.15, -0.1) is 0 Å². The molecule has 0 aromatic carbocycles. The Balaban J connectivity index is 0.00000196. The topological polar surface area (TPSA) is 17.8 Å². The van der Waals surface area contributed by atoms with Gasteiger partial charge in [-0.3, -0.25) is 0 Å². The van der Waals surface area contributed by atoms with Crippen LogP contribution in [0.1, 0.15) is 25.6 Å². The Morgan fingerprint density at radius 1 is 1.40 bits per heavy atom. The van der Waals surface area contributed by atoms with Crippen LogP contribution in [-0.4, -0.2) is 15.8 Å². The molecule has 0 spiro atoms. The SMILES string of the molecule is CCCCn1c(CSC)nc(Cl)c1Cl.[Pt+2]. The molecule has 0 bridgehead atoms. The summed E-state index contributed by atoms with van der Waals surface area (Å²) in [7, 11) is 0. The fourth-order valence-corrected chi connectivity index (χ4v) is 2.13. The molecule has 0 fully saturated rings. The first kappa shape index (κ1) is 15.8. The van der Waals surface area contributed by atoms with Gasteiger partial charge in [-0.1, -0.05) is 36.5 Å². The molecule has 0 saturated heterocycles.